The number of amides is 2. The first kappa shape index (κ1) is 34.4. The molecule has 2 aromatic rings. The number of nitrogens with one attached hydrogen (secondary N) is 2. The molecule has 2 saturated heterocycles. The summed E-state index contributed by atoms with van der Waals surface area (Å²) in [5.41, 5.74) is 3.20. The number of halogens is 1. The highest BCUT2D eigenvalue weighted by atomic mass is 35.5. The molecular weight excluding hydrogens is 632 g/mol. The van der Waals surface area contributed by atoms with Crippen LogP contribution in [0.2, 0.25) is 5.02 Å². The van der Waals surface area contributed by atoms with E-state index in [1.54, 1.807) is 4.31 Å². The average Bonchev–Trinajstić information content (AvgIpc) is 3.27. The molecule has 0 aromatic heterocycles. The summed E-state index contributed by atoms with van der Waals surface area (Å²) in [5, 5.41) is 7.24. The Kier molecular flexibility index (Phi) is 10.4. The lowest BCUT2D eigenvalue weighted by molar-refractivity contribution is -0.139. The van der Waals surface area contributed by atoms with Crippen LogP contribution >= 0.6 is 11.6 Å². The second-order valence-electron chi connectivity index (χ2n) is 15.0. The smallest absolute Gasteiger partial charge is 0.245 e. The third-order valence-electron chi connectivity index (χ3n) is 11.6. The molecule has 1 unspecified atom stereocenters. The van der Waals surface area contributed by atoms with Gasteiger partial charge in [0.15, 0.2) is 0 Å². The third kappa shape index (κ3) is 7.43. The van der Waals surface area contributed by atoms with Crippen LogP contribution in [0.25, 0.3) is 0 Å². The van der Waals surface area contributed by atoms with Crippen molar-refractivity contribution in [3.8, 4) is 0 Å². The van der Waals surface area contributed by atoms with E-state index in [0.717, 1.165) is 49.8 Å². The normalized spacial score (nSPS) is 24.7. The minimum atomic E-state index is -3.38. The summed E-state index contributed by atoms with van der Waals surface area (Å²) in [6, 6.07) is 14.9. The van der Waals surface area contributed by atoms with Crippen LogP contribution in [-0.2, 0) is 32.5 Å². The maximum Gasteiger partial charge on any atom is 0.245 e. The lowest BCUT2D eigenvalue weighted by atomic mass is 9.63. The Bertz CT molecular complexity index is 1530. The Morgan fingerprint density at radius 1 is 0.979 bits per heavy atom. The van der Waals surface area contributed by atoms with Gasteiger partial charge in [-0.05, 0) is 99.1 Å². The molecule has 8 nitrogen and oxygen atoms in total. The standard InChI is InChI=1S/C37H51ClN4O4S/c1-36(2)17-23-42(47(36,45)46)26-37(29-9-4-3-5-10-29)18-21-41(22-19-37)35(44)33(24-27-12-14-30(38)15-13-27)40-34(43)25-32-31-11-7-6-8-28(31)16-20-39-32/h6-8,11-15,29,32-33,39H,3-5,9-10,16-26H2,1-2H3,(H,40,43)/t32?,33-/m1/s1. The first-order chi connectivity index (χ1) is 22.5. The second kappa shape index (κ2) is 14.2. The second-order valence-corrected chi connectivity index (χ2v) is 18.0. The van der Waals surface area contributed by atoms with E-state index in [1.807, 2.05) is 55.1 Å². The largest absolute Gasteiger partial charge is 0.344 e. The maximum atomic E-state index is 14.3. The first-order valence-corrected chi connectivity index (χ1v) is 19.4. The van der Waals surface area contributed by atoms with Crippen LogP contribution < -0.4 is 10.6 Å². The van der Waals surface area contributed by atoms with Gasteiger partial charge in [-0.15, -0.1) is 0 Å². The molecule has 3 aliphatic heterocycles. The number of benzene rings is 2. The fraction of sp³-hybridized carbons (Fsp3) is 0.622. The fourth-order valence-electron chi connectivity index (χ4n) is 8.58. The lowest BCUT2D eigenvalue weighted by Gasteiger charge is -2.50. The highest BCUT2D eigenvalue weighted by molar-refractivity contribution is 7.90. The van der Waals surface area contributed by atoms with Crippen molar-refractivity contribution in [2.75, 3.05) is 32.7 Å². The van der Waals surface area contributed by atoms with Crippen LogP contribution in [0.1, 0.15) is 94.4 Å². The van der Waals surface area contributed by atoms with Crippen molar-refractivity contribution >= 4 is 33.4 Å². The predicted molar refractivity (Wildman–Crippen MR) is 187 cm³/mol. The van der Waals surface area contributed by atoms with Crippen LogP contribution in [0.4, 0.5) is 0 Å². The van der Waals surface area contributed by atoms with E-state index >= 15 is 0 Å². The number of rotatable bonds is 9. The molecule has 3 fully saturated rings. The van der Waals surface area contributed by atoms with Crippen LogP contribution in [0, 0.1) is 11.3 Å². The van der Waals surface area contributed by atoms with E-state index in [-0.39, 0.29) is 29.7 Å². The summed E-state index contributed by atoms with van der Waals surface area (Å²) in [5.74, 6) is 0.238. The number of sulfonamides is 1. The van der Waals surface area contributed by atoms with Crippen molar-refractivity contribution in [3.05, 3.63) is 70.2 Å². The van der Waals surface area contributed by atoms with E-state index in [1.165, 1.54) is 24.8 Å². The summed E-state index contributed by atoms with van der Waals surface area (Å²) in [6.45, 7) is 6.75. The van der Waals surface area contributed by atoms with Gasteiger partial charge in [-0.1, -0.05) is 67.3 Å². The summed E-state index contributed by atoms with van der Waals surface area (Å²) in [7, 11) is -3.38. The number of hydrogen-bond acceptors (Lipinski definition) is 5. The van der Waals surface area contributed by atoms with Crippen LogP contribution in [0.3, 0.4) is 0 Å². The molecule has 256 valence electrons. The van der Waals surface area contributed by atoms with Crippen molar-refractivity contribution in [3.63, 3.8) is 0 Å². The molecule has 0 spiro atoms. The van der Waals surface area contributed by atoms with Gasteiger partial charge in [-0.2, -0.15) is 0 Å². The van der Waals surface area contributed by atoms with Crippen LogP contribution in [0.5, 0.6) is 0 Å². The minimum Gasteiger partial charge on any atom is -0.344 e. The molecule has 6 rings (SSSR count). The van der Waals surface area contributed by atoms with Gasteiger partial charge in [0.25, 0.3) is 0 Å². The zero-order valence-electron chi connectivity index (χ0n) is 28.0. The van der Waals surface area contributed by atoms with E-state index in [2.05, 4.69) is 22.8 Å². The number of piperidine rings is 1. The lowest BCUT2D eigenvalue weighted by Crippen LogP contribution is -2.56. The monoisotopic (exact) mass is 682 g/mol. The quantitative estimate of drug-likeness (QED) is 0.357. The summed E-state index contributed by atoms with van der Waals surface area (Å²) >= 11 is 6.16. The van der Waals surface area contributed by atoms with E-state index in [0.29, 0.717) is 50.0 Å². The van der Waals surface area contributed by atoms with Gasteiger partial charge in [0, 0.05) is 50.1 Å². The Hall–Kier alpha value is -2.46. The predicted octanol–water partition coefficient (Wildman–Crippen LogP) is 5.65. The maximum absolute atomic E-state index is 14.3. The van der Waals surface area contributed by atoms with E-state index in [9.17, 15) is 18.0 Å². The third-order valence-corrected chi connectivity index (χ3v) is 14.5. The topological polar surface area (TPSA) is 98.8 Å². The number of carbonyl (C=O) groups is 2. The molecule has 0 bridgehead atoms. The Morgan fingerprint density at radius 3 is 2.36 bits per heavy atom. The van der Waals surface area contributed by atoms with Gasteiger partial charge in [0.2, 0.25) is 21.8 Å². The van der Waals surface area contributed by atoms with Crippen molar-refractivity contribution in [2.45, 2.75) is 101 Å². The Morgan fingerprint density at radius 2 is 1.68 bits per heavy atom. The molecule has 1 saturated carbocycles. The van der Waals surface area contributed by atoms with E-state index in [4.69, 9.17) is 11.6 Å². The molecule has 4 aliphatic rings. The van der Waals surface area contributed by atoms with Gasteiger partial charge in [-0.3, -0.25) is 9.59 Å². The highest BCUT2D eigenvalue weighted by Gasteiger charge is 2.51. The van der Waals surface area contributed by atoms with Crippen LogP contribution in [0.15, 0.2) is 48.5 Å². The summed E-state index contributed by atoms with van der Waals surface area (Å²) in [4.78, 5) is 29.8. The molecule has 2 aromatic carbocycles. The number of likely N-dealkylation sites (tertiary alicyclic amines) is 1. The summed E-state index contributed by atoms with van der Waals surface area (Å²) in [6.07, 6.45) is 9.62. The fourth-order valence-corrected chi connectivity index (χ4v) is 10.5. The molecule has 47 heavy (non-hydrogen) atoms. The Balaban J connectivity index is 1.18. The van der Waals surface area contributed by atoms with Crippen LogP contribution in [-0.4, -0.2) is 72.9 Å². The number of hydrogen-bond donors (Lipinski definition) is 2. The first-order valence-electron chi connectivity index (χ1n) is 17.6. The molecule has 2 N–H and O–H groups in total. The minimum absolute atomic E-state index is 0.0718. The molecule has 2 amide bonds. The molecule has 0 radical (unpaired) electrons. The molecule has 2 atom stereocenters. The SMILES string of the molecule is CC1(C)CCN(CC2(C3CCCCC3)CCN(C(=O)[C@@H](Cc3ccc(Cl)cc3)NC(=O)CC3NCCc4ccccc43)CC2)S1(=O)=O. The van der Waals surface area contributed by atoms with Crippen molar-refractivity contribution in [2.24, 2.45) is 11.3 Å². The molecule has 1 aliphatic carbocycles. The summed E-state index contributed by atoms with van der Waals surface area (Å²) < 4.78 is 28.0. The van der Waals surface area contributed by atoms with Gasteiger partial charge in [-0.25, -0.2) is 12.7 Å². The highest BCUT2D eigenvalue weighted by Crippen LogP contribution is 2.48. The number of nitrogens with zero attached hydrogens (tertiary/aromatic N) is 2. The zero-order chi connectivity index (χ0) is 33.2. The number of fused-ring (bicyclic) bond motifs is 1. The Labute approximate surface area is 286 Å². The van der Waals surface area contributed by atoms with Gasteiger partial charge in [0.05, 0.1) is 4.75 Å². The van der Waals surface area contributed by atoms with Crippen molar-refractivity contribution < 1.29 is 18.0 Å². The van der Waals surface area contributed by atoms with E-state index < -0.39 is 20.8 Å². The average molecular weight is 683 g/mol. The molecular formula is C37H51ClN4O4S. The number of carbonyl (C=O) groups excluding carboxylic acids is 2. The molecule has 10 heteroatoms. The van der Waals surface area contributed by atoms with Gasteiger partial charge < -0.3 is 15.5 Å². The van der Waals surface area contributed by atoms with Crippen molar-refractivity contribution in [1.82, 2.24) is 19.8 Å². The molecule has 3 heterocycles. The van der Waals surface area contributed by atoms with Gasteiger partial charge >= 0.3 is 0 Å². The van der Waals surface area contributed by atoms with Crippen molar-refractivity contribution in [1.29, 1.82) is 0 Å². The van der Waals surface area contributed by atoms with Gasteiger partial charge in [0.1, 0.15) is 6.04 Å². The zero-order valence-corrected chi connectivity index (χ0v) is 29.6.